The van der Waals surface area contributed by atoms with Gasteiger partial charge < -0.3 is 15.4 Å². The van der Waals surface area contributed by atoms with Crippen molar-refractivity contribution >= 4 is 23.5 Å². The Morgan fingerprint density at radius 1 is 1.12 bits per heavy atom. The van der Waals surface area contributed by atoms with Gasteiger partial charge in [0.15, 0.2) is 5.69 Å². The summed E-state index contributed by atoms with van der Waals surface area (Å²) in [5.41, 5.74) is 0.343. The third-order valence-electron chi connectivity index (χ3n) is 3.87. The van der Waals surface area contributed by atoms with Gasteiger partial charge in [-0.3, -0.25) is 4.79 Å². The normalized spacial score (nSPS) is 14.9. The highest BCUT2D eigenvalue weighted by Gasteiger charge is 2.17. The molecule has 0 spiro atoms. The molecule has 0 aliphatic carbocycles. The number of hydrogen-bond acceptors (Lipinski definition) is 6. The molecule has 1 amide bonds. The maximum absolute atomic E-state index is 12.2. The minimum absolute atomic E-state index is 0.163. The first kappa shape index (κ1) is 17.7. The number of hydrogen-bond donors (Lipinski definition) is 2. The number of nitrogens with one attached hydrogen (secondary N) is 2. The van der Waals surface area contributed by atoms with Crippen molar-refractivity contribution in [2.75, 3.05) is 30.8 Å². The van der Waals surface area contributed by atoms with Gasteiger partial charge in [-0.1, -0.05) is 18.2 Å². The molecular weight excluding hydrogens is 336 g/mol. The van der Waals surface area contributed by atoms with Crippen LogP contribution in [0.5, 0.6) is 0 Å². The third-order valence-corrected chi connectivity index (χ3v) is 4.89. The Morgan fingerprint density at radius 2 is 1.92 bits per heavy atom. The van der Waals surface area contributed by atoms with E-state index in [1.807, 2.05) is 18.2 Å². The van der Waals surface area contributed by atoms with E-state index in [0.29, 0.717) is 24.7 Å². The third kappa shape index (κ3) is 5.72. The van der Waals surface area contributed by atoms with Crippen LogP contribution in [0.1, 0.15) is 23.3 Å². The lowest BCUT2D eigenvalue weighted by Gasteiger charge is -2.22. The topological polar surface area (TPSA) is 76.1 Å². The summed E-state index contributed by atoms with van der Waals surface area (Å²) in [4.78, 5) is 13.4. The van der Waals surface area contributed by atoms with Crippen LogP contribution in [0.25, 0.3) is 0 Å². The minimum Gasteiger partial charge on any atom is -0.381 e. The molecular formula is C18H22N4O2S. The fourth-order valence-corrected chi connectivity index (χ4v) is 3.30. The smallest absolute Gasteiger partial charge is 0.272 e. The molecule has 2 N–H and O–H groups in total. The van der Waals surface area contributed by atoms with Crippen LogP contribution in [-0.4, -0.2) is 47.7 Å². The van der Waals surface area contributed by atoms with E-state index in [2.05, 4.69) is 33.0 Å². The molecule has 1 aromatic carbocycles. The van der Waals surface area contributed by atoms with Crippen molar-refractivity contribution in [3.8, 4) is 0 Å². The number of carbonyl (C=O) groups excluding carboxylic acids is 1. The summed E-state index contributed by atoms with van der Waals surface area (Å²) in [5, 5.41) is 14.3. The van der Waals surface area contributed by atoms with E-state index in [4.69, 9.17) is 4.74 Å². The van der Waals surface area contributed by atoms with E-state index in [9.17, 15) is 4.79 Å². The summed E-state index contributed by atoms with van der Waals surface area (Å²) in [6, 6.07) is 13.9. The molecule has 25 heavy (non-hydrogen) atoms. The predicted octanol–water partition coefficient (Wildman–Crippen LogP) is 2.59. The Bertz CT molecular complexity index is 661. The molecule has 3 rings (SSSR count). The minimum atomic E-state index is -0.175. The van der Waals surface area contributed by atoms with Gasteiger partial charge in [0.05, 0.1) is 0 Å². The lowest BCUT2D eigenvalue weighted by molar-refractivity contribution is 0.0693. The summed E-state index contributed by atoms with van der Waals surface area (Å²) < 4.78 is 5.29. The first-order chi connectivity index (χ1) is 12.3. The fraction of sp³-hybridized carbons (Fsp3) is 0.389. The van der Waals surface area contributed by atoms with Gasteiger partial charge in [-0.25, -0.2) is 0 Å². The SMILES string of the molecule is O=C(NC1CCOCC1)c1ccc(NCCSc2ccccc2)nn1. The number of benzene rings is 1. The van der Waals surface area contributed by atoms with Crippen molar-refractivity contribution in [1.82, 2.24) is 15.5 Å². The fourth-order valence-electron chi connectivity index (χ4n) is 2.51. The van der Waals surface area contributed by atoms with Crippen molar-refractivity contribution in [3.05, 3.63) is 48.2 Å². The van der Waals surface area contributed by atoms with Crippen LogP contribution in [0.15, 0.2) is 47.4 Å². The second-order valence-corrected chi connectivity index (χ2v) is 6.92. The zero-order valence-corrected chi connectivity index (χ0v) is 14.8. The molecule has 0 saturated carbocycles. The van der Waals surface area contributed by atoms with Gasteiger partial charge in [-0.2, -0.15) is 0 Å². The number of thioether (sulfide) groups is 1. The maximum Gasteiger partial charge on any atom is 0.272 e. The molecule has 1 aromatic heterocycles. The van der Waals surface area contributed by atoms with Gasteiger partial charge in [0, 0.05) is 36.4 Å². The van der Waals surface area contributed by atoms with Gasteiger partial charge in [-0.05, 0) is 37.1 Å². The highest BCUT2D eigenvalue weighted by atomic mass is 32.2. The molecule has 0 bridgehead atoms. The van der Waals surface area contributed by atoms with Crippen LogP contribution < -0.4 is 10.6 Å². The van der Waals surface area contributed by atoms with Crippen LogP contribution in [0.3, 0.4) is 0 Å². The largest absolute Gasteiger partial charge is 0.381 e. The zero-order valence-electron chi connectivity index (χ0n) is 14.0. The van der Waals surface area contributed by atoms with Crippen LogP contribution in [0.2, 0.25) is 0 Å². The summed E-state index contributed by atoms with van der Waals surface area (Å²) in [7, 11) is 0. The number of anilines is 1. The van der Waals surface area contributed by atoms with Crippen molar-refractivity contribution < 1.29 is 9.53 Å². The van der Waals surface area contributed by atoms with Gasteiger partial charge in [0.1, 0.15) is 5.82 Å². The summed E-state index contributed by atoms with van der Waals surface area (Å²) in [6.07, 6.45) is 1.69. The molecule has 2 aromatic rings. The number of nitrogens with zero attached hydrogens (tertiary/aromatic N) is 2. The molecule has 1 aliphatic heterocycles. The van der Waals surface area contributed by atoms with E-state index >= 15 is 0 Å². The van der Waals surface area contributed by atoms with Crippen molar-refractivity contribution in [2.24, 2.45) is 0 Å². The number of aromatic nitrogens is 2. The predicted molar refractivity (Wildman–Crippen MR) is 99.0 cm³/mol. The van der Waals surface area contributed by atoms with E-state index in [0.717, 1.165) is 25.1 Å². The van der Waals surface area contributed by atoms with E-state index in [-0.39, 0.29) is 11.9 Å². The Kier molecular flexibility index (Phi) is 6.64. The van der Waals surface area contributed by atoms with Crippen LogP contribution in [0.4, 0.5) is 5.82 Å². The molecule has 7 heteroatoms. The Hall–Kier alpha value is -2.12. The Labute approximate surface area is 151 Å². The quantitative estimate of drug-likeness (QED) is 0.585. The van der Waals surface area contributed by atoms with Gasteiger partial charge in [-0.15, -0.1) is 22.0 Å². The molecule has 6 nitrogen and oxygen atoms in total. The number of carbonyl (C=O) groups is 1. The van der Waals surface area contributed by atoms with E-state index in [1.54, 1.807) is 23.9 Å². The Balaban J connectivity index is 1.41. The van der Waals surface area contributed by atoms with E-state index in [1.165, 1.54) is 4.90 Å². The molecule has 0 atom stereocenters. The molecule has 0 radical (unpaired) electrons. The lowest BCUT2D eigenvalue weighted by atomic mass is 10.1. The molecule has 1 aliphatic rings. The second-order valence-electron chi connectivity index (χ2n) is 5.75. The number of rotatable bonds is 7. The summed E-state index contributed by atoms with van der Waals surface area (Å²) in [6.45, 7) is 2.17. The Morgan fingerprint density at radius 3 is 2.64 bits per heavy atom. The number of ether oxygens (including phenoxy) is 1. The molecule has 1 fully saturated rings. The summed E-state index contributed by atoms with van der Waals surface area (Å²) in [5.74, 6) is 1.43. The average Bonchev–Trinajstić information content (AvgIpc) is 2.67. The highest BCUT2D eigenvalue weighted by molar-refractivity contribution is 7.99. The maximum atomic E-state index is 12.2. The second kappa shape index (κ2) is 9.39. The molecule has 0 unspecified atom stereocenters. The van der Waals surface area contributed by atoms with Crippen molar-refractivity contribution in [2.45, 2.75) is 23.8 Å². The van der Waals surface area contributed by atoms with Crippen LogP contribution >= 0.6 is 11.8 Å². The van der Waals surface area contributed by atoms with Crippen molar-refractivity contribution in [1.29, 1.82) is 0 Å². The highest BCUT2D eigenvalue weighted by Crippen LogP contribution is 2.16. The summed E-state index contributed by atoms with van der Waals surface area (Å²) >= 11 is 1.78. The molecule has 132 valence electrons. The monoisotopic (exact) mass is 358 g/mol. The van der Waals surface area contributed by atoms with Gasteiger partial charge >= 0.3 is 0 Å². The average molecular weight is 358 g/mol. The first-order valence-electron chi connectivity index (χ1n) is 8.45. The zero-order chi connectivity index (χ0) is 17.3. The standard InChI is InChI=1S/C18H22N4O2S/c23-18(20-14-8-11-24-12-9-14)16-6-7-17(22-21-16)19-10-13-25-15-4-2-1-3-5-15/h1-7,14H,8-13H2,(H,19,22)(H,20,23). The van der Waals surface area contributed by atoms with E-state index < -0.39 is 0 Å². The number of amides is 1. The lowest BCUT2D eigenvalue weighted by Crippen LogP contribution is -2.39. The molecule has 2 heterocycles. The molecule has 1 saturated heterocycles. The van der Waals surface area contributed by atoms with Crippen LogP contribution in [-0.2, 0) is 4.74 Å². The van der Waals surface area contributed by atoms with Crippen LogP contribution in [0, 0.1) is 0 Å². The van der Waals surface area contributed by atoms with Crippen molar-refractivity contribution in [3.63, 3.8) is 0 Å². The first-order valence-corrected chi connectivity index (χ1v) is 9.44. The van der Waals surface area contributed by atoms with Gasteiger partial charge in [0.25, 0.3) is 5.91 Å². The van der Waals surface area contributed by atoms with Gasteiger partial charge in [0.2, 0.25) is 0 Å².